The summed E-state index contributed by atoms with van der Waals surface area (Å²) in [5, 5.41) is 3.70. The largest absolute Gasteiger partial charge is 0.406 e. The van der Waals surface area contributed by atoms with Crippen LogP contribution >= 0.6 is 11.3 Å². The number of nitrogens with zero attached hydrogens (tertiary/aromatic N) is 2. The average Bonchev–Trinajstić information content (AvgIpc) is 2.67. The SMILES string of the molecule is CCCNCc1sc(N(CC(F)(F)F)C(C)C)nc1C. The van der Waals surface area contributed by atoms with Gasteiger partial charge in [0, 0.05) is 17.5 Å². The van der Waals surface area contributed by atoms with Crippen LogP contribution in [-0.4, -0.2) is 30.3 Å². The number of nitrogens with one attached hydrogen (secondary N) is 1. The van der Waals surface area contributed by atoms with E-state index in [1.54, 1.807) is 13.8 Å². The molecule has 1 N–H and O–H groups in total. The Morgan fingerprint density at radius 2 is 2.00 bits per heavy atom. The van der Waals surface area contributed by atoms with Gasteiger partial charge in [0.05, 0.1) is 5.69 Å². The van der Waals surface area contributed by atoms with Gasteiger partial charge in [0.15, 0.2) is 5.13 Å². The number of aryl methyl sites for hydroxylation is 1. The summed E-state index contributed by atoms with van der Waals surface area (Å²) in [4.78, 5) is 6.61. The number of halogens is 3. The van der Waals surface area contributed by atoms with E-state index in [4.69, 9.17) is 0 Å². The number of thiazole rings is 1. The quantitative estimate of drug-likeness (QED) is 0.778. The summed E-state index contributed by atoms with van der Waals surface area (Å²) in [6.07, 6.45) is -3.19. The molecule has 0 aromatic carbocycles. The lowest BCUT2D eigenvalue weighted by molar-refractivity contribution is -0.120. The van der Waals surface area contributed by atoms with Crippen molar-refractivity contribution in [2.45, 2.75) is 52.9 Å². The van der Waals surface area contributed by atoms with E-state index in [1.165, 1.54) is 16.2 Å². The zero-order chi connectivity index (χ0) is 15.3. The molecule has 7 heteroatoms. The van der Waals surface area contributed by atoms with Crippen LogP contribution in [0.15, 0.2) is 0 Å². The van der Waals surface area contributed by atoms with Gasteiger partial charge in [-0.15, -0.1) is 11.3 Å². The summed E-state index contributed by atoms with van der Waals surface area (Å²) in [6, 6.07) is -0.237. The Hall–Kier alpha value is -0.820. The topological polar surface area (TPSA) is 28.2 Å². The molecule has 0 aliphatic rings. The normalized spacial score (nSPS) is 12.2. The molecule has 0 unspecified atom stereocenters. The van der Waals surface area contributed by atoms with Gasteiger partial charge in [-0.05, 0) is 33.7 Å². The maximum atomic E-state index is 12.6. The van der Waals surface area contributed by atoms with Gasteiger partial charge in [0.25, 0.3) is 0 Å². The minimum Gasteiger partial charge on any atom is -0.337 e. The summed E-state index contributed by atoms with van der Waals surface area (Å²) in [5.41, 5.74) is 0.807. The first-order chi connectivity index (χ1) is 9.24. The van der Waals surface area contributed by atoms with Crippen LogP contribution in [0.25, 0.3) is 0 Å². The van der Waals surface area contributed by atoms with Crippen LogP contribution < -0.4 is 10.2 Å². The lowest BCUT2D eigenvalue weighted by Gasteiger charge is -2.27. The number of rotatable bonds is 7. The Balaban J connectivity index is 2.84. The molecule has 20 heavy (non-hydrogen) atoms. The highest BCUT2D eigenvalue weighted by atomic mass is 32.1. The predicted octanol–water partition coefficient (Wildman–Crippen LogP) is 3.73. The molecular weight excluding hydrogens is 287 g/mol. The van der Waals surface area contributed by atoms with Crippen molar-refractivity contribution in [1.29, 1.82) is 0 Å². The monoisotopic (exact) mass is 309 g/mol. The molecule has 1 aromatic heterocycles. The Bertz CT molecular complexity index is 415. The molecule has 0 saturated heterocycles. The standard InChI is InChI=1S/C13H22F3N3S/c1-5-6-17-7-11-10(4)18-12(20-11)19(9(2)3)8-13(14,15)16/h9,17H,5-8H2,1-4H3. The minimum atomic E-state index is -4.22. The van der Waals surface area contributed by atoms with Gasteiger partial charge in [0.2, 0.25) is 0 Å². The van der Waals surface area contributed by atoms with Gasteiger partial charge in [-0.3, -0.25) is 0 Å². The van der Waals surface area contributed by atoms with E-state index in [-0.39, 0.29) is 6.04 Å². The van der Waals surface area contributed by atoms with Crippen LogP contribution in [0, 0.1) is 6.92 Å². The molecule has 1 heterocycles. The Labute approximate surface area is 122 Å². The van der Waals surface area contributed by atoms with E-state index in [0.29, 0.717) is 11.7 Å². The average molecular weight is 309 g/mol. The van der Waals surface area contributed by atoms with Crippen molar-refractivity contribution in [1.82, 2.24) is 10.3 Å². The molecule has 0 radical (unpaired) electrons. The fraction of sp³-hybridized carbons (Fsp3) is 0.769. The van der Waals surface area contributed by atoms with Gasteiger partial charge in [0.1, 0.15) is 6.54 Å². The molecule has 116 valence electrons. The van der Waals surface area contributed by atoms with Gasteiger partial charge in [-0.1, -0.05) is 6.92 Å². The zero-order valence-electron chi connectivity index (χ0n) is 12.3. The van der Waals surface area contributed by atoms with Gasteiger partial charge < -0.3 is 10.2 Å². The Kier molecular flexibility index (Phi) is 6.26. The molecule has 0 fully saturated rings. The van der Waals surface area contributed by atoms with Crippen molar-refractivity contribution >= 4 is 16.5 Å². The van der Waals surface area contributed by atoms with Crippen molar-refractivity contribution in [2.75, 3.05) is 18.0 Å². The first kappa shape index (κ1) is 17.2. The summed E-state index contributed by atoms with van der Waals surface area (Å²) in [5.74, 6) is 0. The second-order valence-electron chi connectivity index (χ2n) is 5.02. The number of alkyl halides is 3. The second-order valence-corrected chi connectivity index (χ2v) is 6.08. The molecule has 3 nitrogen and oxygen atoms in total. The molecule has 1 aromatic rings. The highest BCUT2D eigenvalue weighted by molar-refractivity contribution is 7.15. The molecule has 1 rings (SSSR count). The van der Waals surface area contributed by atoms with Gasteiger partial charge in [-0.25, -0.2) is 4.98 Å². The molecule has 0 saturated carbocycles. The predicted molar refractivity (Wildman–Crippen MR) is 77.4 cm³/mol. The van der Waals surface area contributed by atoms with Crippen LogP contribution in [-0.2, 0) is 6.54 Å². The van der Waals surface area contributed by atoms with E-state index < -0.39 is 12.7 Å². The maximum Gasteiger partial charge on any atom is 0.406 e. The van der Waals surface area contributed by atoms with Gasteiger partial charge >= 0.3 is 6.18 Å². The van der Waals surface area contributed by atoms with E-state index >= 15 is 0 Å². The molecule has 0 amide bonds. The van der Waals surface area contributed by atoms with E-state index in [1.807, 2.05) is 6.92 Å². The third-order valence-corrected chi connectivity index (χ3v) is 4.01. The number of anilines is 1. The smallest absolute Gasteiger partial charge is 0.337 e. The van der Waals surface area contributed by atoms with Gasteiger partial charge in [-0.2, -0.15) is 13.2 Å². The second kappa shape index (κ2) is 7.26. The van der Waals surface area contributed by atoms with Crippen LogP contribution in [0.4, 0.5) is 18.3 Å². The number of aromatic nitrogens is 1. The molecule has 0 spiro atoms. The first-order valence-electron chi connectivity index (χ1n) is 6.75. The minimum absolute atomic E-state index is 0.237. The fourth-order valence-electron chi connectivity index (χ4n) is 1.74. The molecular formula is C13H22F3N3S. The highest BCUT2D eigenvalue weighted by Crippen LogP contribution is 2.30. The zero-order valence-corrected chi connectivity index (χ0v) is 13.2. The van der Waals surface area contributed by atoms with Crippen LogP contribution in [0.3, 0.4) is 0 Å². The van der Waals surface area contributed by atoms with Crippen molar-refractivity contribution in [3.05, 3.63) is 10.6 Å². The summed E-state index contributed by atoms with van der Waals surface area (Å²) >= 11 is 1.34. The summed E-state index contributed by atoms with van der Waals surface area (Å²) < 4.78 is 37.9. The third-order valence-electron chi connectivity index (χ3n) is 2.81. The summed E-state index contributed by atoms with van der Waals surface area (Å²) in [6.45, 7) is 8.00. The van der Waals surface area contributed by atoms with Crippen LogP contribution in [0.2, 0.25) is 0 Å². The Morgan fingerprint density at radius 1 is 1.35 bits per heavy atom. The van der Waals surface area contributed by atoms with Crippen molar-refractivity contribution in [3.63, 3.8) is 0 Å². The van der Waals surface area contributed by atoms with Crippen LogP contribution in [0.5, 0.6) is 0 Å². The maximum absolute atomic E-state index is 12.6. The third kappa shape index (κ3) is 5.28. The summed E-state index contributed by atoms with van der Waals surface area (Å²) in [7, 11) is 0. The lowest BCUT2D eigenvalue weighted by atomic mass is 10.3. The van der Waals surface area contributed by atoms with Crippen molar-refractivity contribution < 1.29 is 13.2 Å². The molecule has 0 aliphatic heterocycles. The lowest BCUT2D eigenvalue weighted by Crippen LogP contribution is -2.39. The van der Waals surface area contributed by atoms with E-state index in [2.05, 4.69) is 17.2 Å². The Morgan fingerprint density at radius 3 is 2.50 bits per heavy atom. The van der Waals surface area contributed by atoms with E-state index in [0.717, 1.165) is 23.5 Å². The van der Waals surface area contributed by atoms with E-state index in [9.17, 15) is 13.2 Å². The number of hydrogen-bond acceptors (Lipinski definition) is 4. The fourth-order valence-corrected chi connectivity index (χ4v) is 2.91. The first-order valence-corrected chi connectivity index (χ1v) is 7.56. The van der Waals surface area contributed by atoms with Crippen molar-refractivity contribution in [3.8, 4) is 0 Å². The van der Waals surface area contributed by atoms with Crippen molar-refractivity contribution in [2.24, 2.45) is 0 Å². The molecule has 0 atom stereocenters. The molecule has 0 bridgehead atoms. The highest BCUT2D eigenvalue weighted by Gasteiger charge is 2.33. The van der Waals surface area contributed by atoms with Crippen LogP contribution in [0.1, 0.15) is 37.8 Å². The molecule has 0 aliphatic carbocycles. The number of hydrogen-bond donors (Lipinski definition) is 1.